The van der Waals surface area contributed by atoms with Gasteiger partial charge in [-0.25, -0.2) is 9.97 Å². The number of hydrogen-bond donors (Lipinski definition) is 1. The molecule has 106 valence electrons. The number of anilines is 1. The molecule has 4 nitrogen and oxygen atoms in total. The number of hydrogen-bond acceptors (Lipinski definition) is 5. The lowest BCUT2D eigenvalue weighted by atomic mass is 9.97. The van der Waals surface area contributed by atoms with E-state index in [1.165, 1.54) is 35.1 Å². The molecule has 1 N–H and O–H groups in total. The van der Waals surface area contributed by atoms with Crippen molar-refractivity contribution in [1.29, 1.82) is 0 Å². The zero-order valence-corrected chi connectivity index (χ0v) is 12.7. The first kappa shape index (κ1) is 12.7. The van der Waals surface area contributed by atoms with E-state index in [0.29, 0.717) is 5.82 Å². The van der Waals surface area contributed by atoms with Crippen LogP contribution in [0.4, 0.5) is 5.82 Å². The Morgan fingerprint density at radius 2 is 2.05 bits per heavy atom. The summed E-state index contributed by atoms with van der Waals surface area (Å²) in [6.07, 6.45) is 6.66. The highest BCUT2D eigenvalue weighted by Crippen LogP contribution is 2.39. The Hall–Kier alpha value is -2.01. The van der Waals surface area contributed by atoms with E-state index in [1.807, 2.05) is 36.6 Å². The first-order valence-electron chi connectivity index (χ1n) is 7.28. The number of aryl methyl sites for hydroxylation is 2. The minimum Gasteiger partial charge on any atom is -0.372 e. The molecule has 0 aromatic carbocycles. The summed E-state index contributed by atoms with van der Waals surface area (Å²) in [4.78, 5) is 16.4. The molecular formula is C16H16N4S. The first-order valence-corrected chi connectivity index (χ1v) is 8.10. The monoisotopic (exact) mass is 296 g/mol. The molecule has 1 aliphatic rings. The third-order valence-corrected chi connectivity index (χ3v) is 5.13. The Labute approximate surface area is 127 Å². The normalized spacial score (nSPS) is 14.1. The summed E-state index contributed by atoms with van der Waals surface area (Å²) in [5.41, 5.74) is 2.28. The average Bonchev–Trinajstić information content (AvgIpc) is 2.93. The Balaban J connectivity index is 1.96. The van der Waals surface area contributed by atoms with Gasteiger partial charge in [-0.05, 0) is 43.4 Å². The molecule has 0 spiro atoms. The molecule has 1 aliphatic carbocycles. The summed E-state index contributed by atoms with van der Waals surface area (Å²) in [7, 11) is 1.93. The van der Waals surface area contributed by atoms with Gasteiger partial charge in [-0.1, -0.05) is 6.07 Å². The minimum absolute atomic E-state index is 0.700. The fourth-order valence-electron chi connectivity index (χ4n) is 2.95. The van der Waals surface area contributed by atoms with Crippen molar-refractivity contribution in [2.45, 2.75) is 25.7 Å². The van der Waals surface area contributed by atoms with Gasteiger partial charge in [0.05, 0.1) is 5.39 Å². The smallest absolute Gasteiger partial charge is 0.181 e. The summed E-state index contributed by atoms with van der Waals surface area (Å²) < 4.78 is 0. The van der Waals surface area contributed by atoms with E-state index in [-0.39, 0.29) is 0 Å². The Kier molecular flexibility index (Phi) is 3.07. The lowest BCUT2D eigenvalue weighted by Gasteiger charge is -2.11. The van der Waals surface area contributed by atoms with Crippen molar-refractivity contribution < 1.29 is 0 Å². The van der Waals surface area contributed by atoms with Crippen molar-refractivity contribution >= 4 is 27.4 Å². The molecule has 0 amide bonds. The number of nitrogens with one attached hydrogen (secondary N) is 1. The van der Waals surface area contributed by atoms with Crippen LogP contribution in [0.3, 0.4) is 0 Å². The number of rotatable bonds is 2. The predicted molar refractivity (Wildman–Crippen MR) is 86.8 cm³/mol. The van der Waals surface area contributed by atoms with Crippen LogP contribution in [-0.2, 0) is 12.8 Å². The maximum Gasteiger partial charge on any atom is 0.181 e. The second-order valence-electron chi connectivity index (χ2n) is 5.25. The van der Waals surface area contributed by atoms with Crippen LogP contribution in [0.5, 0.6) is 0 Å². The summed E-state index contributed by atoms with van der Waals surface area (Å²) in [5.74, 6) is 1.63. The number of pyridine rings is 1. The van der Waals surface area contributed by atoms with Crippen LogP contribution in [0.15, 0.2) is 24.4 Å². The van der Waals surface area contributed by atoms with Crippen LogP contribution < -0.4 is 5.32 Å². The highest BCUT2D eigenvalue weighted by molar-refractivity contribution is 7.19. The van der Waals surface area contributed by atoms with E-state index < -0.39 is 0 Å². The SMILES string of the molecule is CNc1nc(-c2ccccn2)nc2sc3c(c12)CCCC3. The van der Waals surface area contributed by atoms with Gasteiger partial charge >= 0.3 is 0 Å². The highest BCUT2D eigenvalue weighted by Gasteiger charge is 2.21. The Morgan fingerprint density at radius 3 is 2.86 bits per heavy atom. The van der Waals surface area contributed by atoms with Gasteiger partial charge in [0.25, 0.3) is 0 Å². The van der Waals surface area contributed by atoms with Crippen molar-refractivity contribution in [3.8, 4) is 11.5 Å². The summed E-state index contributed by atoms with van der Waals surface area (Å²) in [6, 6.07) is 5.83. The van der Waals surface area contributed by atoms with E-state index in [0.717, 1.165) is 22.8 Å². The third kappa shape index (κ3) is 2.08. The number of aromatic nitrogens is 3. The van der Waals surface area contributed by atoms with Gasteiger partial charge in [-0.2, -0.15) is 0 Å². The molecule has 5 heteroatoms. The molecule has 3 aromatic rings. The molecule has 0 saturated heterocycles. The zero-order valence-electron chi connectivity index (χ0n) is 11.9. The number of fused-ring (bicyclic) bond motifs is 3. The van der Waals surface area contributed by atoms with Crippen LogP contribution in [-0.4, -0.2) is 22.0 Å². The summed E-state index contributed by atoms with van der Waals surface area (Å²) >= 11 is 1.82. The van der Waals surface area contributed by atoms with Crippen LogP contribution in [0.25, 0.3) is 21.7 Å². The van der Waals surface area contributed by atoms with Crippen molar-refractivity contribution in [2.24, 2.45) is 0 Å². The maximum atomic E-state index is 4.76. The Morgan fingerprint density at radius 1 is 1.14 bits per heavy atom. The highest BCUT2D eigenvalue weighted by atomic mass is 32.1. The van der Waals surface area contributed by atoms with Gasteiger partial charge in [0.1, 0.15) is 16.3 Å². The van der Waals surface area contributed by atoms with Crippen LogP contribution in [0, 0.1) is 0 Å². The van der Waals surface area contributed by atoms with Crippen LogP contribution >= 0.6 is 11.3 Å². The van der Waals surface area contributed by atoms with E-state index in [9.17, 15) is 0 Å². The van der Waals surface area contributed by atoms with E-state index in [4.69, 9.17) is 9.97 Å². The van der Waals surface area contributed by atoms with Gasteiger partial charge < -0.3 is 5.32 Å². The quantitative estimate of drug-likeness (QED) is 0.784. The standard InChI is InChI=1S/C16H16N4S/c1-17-15-13-10-6-2-3-8-12(10)21-16(13)20-14(19-15)11-7-4-5-9-18-11/h4-5,7,9H,2-3,6,8H2,1H3,(H,17,19,20). The molecule has 0 radical (unpaired) electrons. The van der Waals surface area contributed by atoms with Crippen LogP contribution in [0.2, 0.25) is 0 Å². The molecular weight excluding hydrogens is 280 g/mol. The molecule has 3 aromatic heterocycles. The molecule has 0 fully saturated rings. The number of nitrogens with zero attached hydrogens (tertiary/aromatic N) is 3. The van der Waals surface area contributed by atoms with Gasteiger partial charge in [0.15, 0.2) is 5.82 Å². The molecule has 3 heterocycles. The summed E-state index contributed by atoms with van der Waals surface area (Å²) in [5, 5.41) is 4.46. The van der Waals surface area contributed by atoms with E-state index >= 15 is 0 Å². The van der Waals surface area contributed by atoms with Gasteiger partial charge in [0, 0.05) is 18.1 Å². The first-order chi connectivity index (χ1) is 10.4. The molecule has 4 rings (SSSR count). The fraction of sp³-hybridized carbons (Fsp3) is 0.312. The van der Waals surface area contributed by atoms with Gasteiger partial charge in [0.2, 0.25) is 0 Å². The van der Waals surface area contributed by atoms with Gasteiger partial charge in [-0.15, -0.1) is 11.3 Å². The number of thiophene rings is 1. The molecule has 0 aliphatic heterocycles. The Bertz CT molecular complexity index is 795. The van der Waals surface area contributed by atoms with Crippen molar-refractivity contribution in [3.63, 3.8) is 0 Å². The lowest BCUT2D eigenvalue weighted by molar-refractivity contribution is 0.700. The second kappa shape index (κ2) is 5.07. The molecule has 0 saturated carbocycles. The van der Waals surface area contributed by atoms with Crippen LogP contribution in [0.1, 0.15) is 23.3 Å². The van der Waals surface area contributed by atoms with E-state index in [1.54, 1.807) is 6.20 Å². The van der Waals surface area contributed by atoms with Crippen molar-refractivity contribution in [3.05, 3.63) is 34.8 Å². The minimum atomic E-state index is 0.700. The van der Waals surface area contributed by atoms with E-state index in [2.05, 4.69) is 10.3 Å². The molecule has 0 atom stereocenters. The fourth-order valence-corrected chi connectivity index (χ4v) is 4.21. The zero-order chi connectivity index (χ0) is 14.2. The lowest BCUT2D eigenvalue weighted by Crippen LogP contribution is -2.02. The molecule has 0 bridgehead atoms. The second-order valence-corrected chi connectivity index (χ2v) is 6.34. The summed E-state index contributed by atoms with van der Waals surface area (Å²) in [6.45, 7) is 0. The average molecular weight is 296 g/mol. The third-order valence-electron chi connectivity index (χ3n) is 3.95. The van der Waals surface area contributed by atoms with Crippen molar-refractivity contribution in [1.82, 2.24) is 15.0 Å². The largest absolute Gasteiger partial charge is 0.372 e. The molecule has 21 heavy (non-hydrogen) atoms. The van der Waals surface area contributed by atoms with Crippen molar-refractivity contribution in [2.75, 3.05) is 12.4 Å². The van der Waals surface area contributed by atoms with Gasteiger partial charge in [-0.3, -0.25) is 4.98 Å². The maximum absolute atomic E-state index is 4.76. The predicted octanol–water partition coefficient (Wildman–Crippen LogP) is 3.67. The topological polar surface area (TPSA) is 50.7 Å². The molecule has 0 unspecified atom stereocenters.